The second-order valence-electron chi connectivity index (χ2n) is 4.56. The molecule has 1 atom stereocenters. The summed E-state index contributed by atoms with van der Waals surface area (Å²) in [5.74, 6) is -1.63. The number of hydrogen-bond acceptors (Lipinski definition) is 3. The third kappa shape index (κ3) is 2.58. The number of rotatable bonds is 2. The molecule has 3 N–H and O–H groups in total. The zero-order chi connectivity index (χ0) is 14.0. The molecular weight excluding hydrogens is 249 g/mol. The van der Waals surface area contributed by atoms with Crippen LogP contribution in [0.15, 0.2) is 18.2 Å². The van der Waals surface area contributed by atoms with Gasteiger partial charge in [-0.05, 0) is 18.6 Å². The van der Waals surface area contributed by atoms with Crippen LogP contribution in [0.2, 0.25) is 0 Å². The highest BCUT2D eigenvalue weighted by atomic mass is 19.1. The van der Waals surface area contributed by atoms with Gasteiger partial charge in [-0.3, -0.25) is 9.59 Å². The van der Waals surface area contributed by atoms with Crippen LogP contribution >= 0.6 is 0 Å². The smallest absolute Gasteiger partial charge is 0.257 e. The maximum Gasteiger partial charge on any atom is 0.257 e. The summed E-state index contributed by atoms with van der Waals surface area (Å²) in [7, 11) is 0. The molecule has 2 amide bonds. The molecule has 0 radical (unpaired) electrons. The summed E-state index contributed by atoms with van der Waals surface area (Å²) in [5, 5.41) is 2.99. The lowest BCUT2D eigenvalue weighted by Crippen LogP contribution is -2.58. The van der Waals surface area contributed by atoms with Gasteiger partial charge in [0.1, 0.15) is 11.9 Å². The monoisotopic (exact) mass is 265 g/mol. The number of piperazine rings is 1. The van der Waals surface area contributed by atoms with Crippen molar-refractivity contribution in [3.05, 3.63) is 35.1 Å². The van der Waals surface area contributed by atoms with Gasteiger partial charge < -0.3 is 16.0 Å². The molecule has 1 fully saturated rings. The van der Waals surface area contributed by atoms with Crippen LogP contribution in [-0.2, 0) is 4.79 Å². The molecule has 102 valence electrons. The van der Waals surface area contributed by atoms with Gasteiger partial charge in [-0.1, -0.05) is 12.1 Å². The fourth-order valence-electron chi connectivity index (χ4n) is 2.17. The molecule has 0 aliphatic carbocycles. The predicted octanol–water partition coefficient (Wildman–Crippen LogP) is 0.0334. The van der Waals surface area contributed by atoms with Crippen molar-refractivity contribution in [1.29, 1.82) is 0 Å². The lowest BCUT2D eigenvalue weighted by atomic mass is 10.1. The van der Waals surface area contributed by atoms with Crippen molar-refractivity contribution < 1.29 is 14.0 Å². The Kier molecular flexibility index (Phi) is 3.80. The Morgan fingerprint density at radius 2 is 2.21 bits per heavy atom. The van der Waals surface area contributed by atoms with Crippen molar-refractivity contribution in [1.82, 2.24) is 10.2 Å². The van der Waals surface area contributed by atoms with Crippen LogP contribution in [0.25, 0.3) is 0 Å². The number of amides is 2. The van der Waals surface area contributed by atoms with Gasteiger partial charge in [-0.2, -0.15) is 0 Å². The van der Waals surface area contributed by atoms with E-state index in [0.29, 0.717) is 25.2 Å². The minimum Gasteiger partial charge on any atom is -0.368 e. The summed E-state index contributed by atoms with van der Waals surface area (Å²) >= 11 is 0. The van der Waals surface area contributed by atoms with Crippen molar-refractivity contribution in [2.45, 2.75) is 13.0 Å². The Labute approximate surface area is 110 Å². The zero-order valence-corrected chi connectivity index (χ0v) is 10.6. The molecule has 5 nitrogen and oxygen atoms in total. The second kappa shape index (κ2) is 5.36. The maximum atomic E-state index is 14.0. The van der Waals surface area contributed by atoms with E-state index in [1.165, 1.54) is 11.0 Å². The lowest BCUT2D eigenvalue weighted by molar-refractivity contribution is -0.122. The Morgan fingerprint density at radius 1 is 1.47 bits per heavy atom. The minimum absolute atomic E-state index is 0.0202. The van der Waals surface area contributed by atoms with Crippen LogP contribution in [-0.4, -0.2) is 42.4 Å². The van der Waals surface area contributed by atoms with Crippen LogP contribution in [0.5, 0.6) is 0 Å². The molecule has 19 heavy (non-hydrogen) atoms. The van der Waals surface area contributed by atoms with Crippen LogP contribution < -0.4 is 11.1 Å². The van der Waals surface area contributed by atoms with Crippen molar-refractivity contribution in [3.63, 3.8) is 0 Å². The van der Waals surface area contributed by atoms with Gasteiger partial charge in [0.2, 0.25) is 5.91 Å². The molecule has 1 aromatic rings. The van der Waals surface area contributed by atoms with Gasteiger partial charge in [-0.15, -0.1) is 0 Å². The molecule has 0 spiro atoms. The average molecular weight is 265 g/mol. The van der Waals surface area contributed by atoms with Crippen molar-refractivity contribution >= 4 is 11.8 Å². The minimum atomic E-state index is -0.735. The standard InChI is InChI=1S/C13H16FN3O2/c1-8-3-2-4-9(11(8)14)13(19)17-6-5-16-7-10(17)12(15)18/h2-4,10,16H,5-7H2,1H3,(H2,15,18). The van der Waals surface area contributed by atoms with Crippen LogP contribution in [0, 0.1) is 12.7 Å². The van der Waals surface area contributed by atoms with E-state index in [9.17, 15) is 14.0 Å². The topological polar surface area (TPSA) is 75.4 Å². The molecular formula is C13H16FN3O2. The first-order chi connectivity index (χ1) is 9.02. The van der Waals surface area contributed by atoms with Crippen molar-refractivity contribution in [2.24, 2.45) is 5.73 Å². The SMILES string of the molecule is Cc1cccc(C(=O)N2CCNCC2C(N)=O)c1F. The van der Waals surface area contributed by atoms with Gasteiger partial charge in [-0.25, -0.2) is 4.39 Å². The number of carbonyl (C=O) groups is 2. The summed E-state index contributed by atoms with van der Waals surface area (Å²) < 4.78 is 14.0. The lowest BCUT2D eigenvalue weighted by Gasteiger charge is -2.34. The molecule has 6 heteroatoms. The number of carbonyl (C=O) groups excluding carboxylic acids is 2. The second-order valence-corrected chi connectivity index (χ2v) is 4.56. The highest BCUT2D eigenvalue weighted by molar-refractivity contribution is 5.98. The van der Waals surface area contributed by atoms with E-state index in [-0.39, 0.29) is 5.56 Å². The number of nitrogens with two attached hydrogens (primary N) is 1. The number of primary amides is 1. The third-order valence-electron chi connectivity index (χ3n) is 3.25. The van der Waals surface area contributed by atoms with E-state index in [2.05, 4.69) is 5.32 Å². The van der Waals surface area contributed by atoms with Gasteiger partial charge >= 0.3 is 0 Å². The van der Waals surface area contributed by atoms with E-state index >= 15 is 0 Å². The molecule has 2 rings (SSSR count). The summed E-state index contributed by atoms with van der Waals surface area (Å²) in [6.45, 7) is 2.78. The first-order valence-electron chi connectivity index (χ1n) is 6.08. The molecule has 0 saturated carbocycles. The first-order valence-corrected chi connectivity index (χ1v) is 6.08. The molecule has 1 saturated heterocycles. The fourth-order valence-corrected chi connectivity index (χ4v) is 2.17. The van der Waals surface area contributed by atoms with Crippen LogP contribution in [0.1, 0.15) is 15.9 Å². The van der Waals surface area contributed by atoms with E-state index in [0.717, 1.165) is 0 Å². The summed E-state index contributed by atoms with van der Waals surface area (Å²) in [6.07, 6.45) is 0. The molecule has 0 bridgehead atoms. The summed E-state index contributed by atoms with van der Waals surface area (Å²) in [5.41, 5.74) is 5.65. The van der Waals surface area contributed by atoms with Gasteiger partial charge in [0.05, 0.1) is 5.56 Å². The van der Waals surface area contributed by atoms with E-state index < -0.39 is 23.7 Å². The number of aryl methyl sites for hydroxylation is 1. The maximum absolute atomic E-state index is 14.0. The molecule has 1 unspecified atom stereocenters. The van der Waals surface area contributed by atoms with Crippen LogP contribution in [0.3, 0.4) is 0 Å². The van der Waals surface area contributed by atoms with Crippen molar-refractivity contribution in [2.75, 3.05) is 19.6 Å². The normalized spacial score (nSPS) is 19.3. The van der Waals surface area contributed by atoms with E-state index in [1.807, 2.05) is 0 Å². The summed E-state index contributed by atoms with van der Waals surface area (Å²) in [6, 6.07) is 3.90. The molecule has 1 aliphatic rings. The predicted molar refractivity (Wildman–Crippen MR) is 68.0 cm³/mol. The Morgan fingerprint density at radius 3 is 2.89 bits per heavy atom. The number of nitrogens with one attached hydrogen (secondary N) is 1. The van der Waals surface area contributed by atoms with Gasteiger partial charge in [0.25, 0.3) is 5.91 Å². The fraction of sp³-hybridized carbons (Fsp3) is 0.385. The number of halogens is 1. The Hall–Kier alpha value is -1.95. The highest BCUT2D eigenvalue weighted by Crippen LogP contribution is 2.16. The third-order valence-corrected chi connectivity index (χ3v) is 3.25. The van der Waals surface area contributed by atoms with Crippen LogP contribution in [0.4, 0.5) is 4.39 Å². The molecule has 0 aromatic heterocycles. The van der Waals surface area contributed by atoms with Crippen molar-refractivity contribution in [3.8, 4) is 0 Å². The Bertz CT molecular complexity index is 519. The van der Waals surface area contributed by atoms with E-state index in [4.69, 9.17) is 5.73 Å². The first kappa shape index (κ1) is 13.5. The number of hydrogen-bond donors (Lipinski definition) is 2. The quantitative estimate of drug-likeness (QED) is 0.792. The number of benzene rings is 1. The molecule has 1 aliphatic heterocycles. The summed E-state index contributed by atoms with van der Waals surface area (Å²) in [4.78, 5) is 25.0. The zero-order valence-electron chi connectivity index (χ0n) is 10.6. The highest BCUT2D eigenvalue weighted by Gasteiger charge is 2.32. The molecule has 1 heterocycles. The van der Waals surface area contributed by atoms with Gasteiger partial charge in [0, 0.05) is 19.6 Å². The Balaban J connectivity index is 2.31. The van der Waals surface area contributed by atoms with E-state index in [1.54, 1.807) is 19.1 Å². The number of nitrogens with zero attached hydrogens (tertiary/aromatic N) is 1. The largest absolute Gasteiger partial charge is 0.368 e. The van der Waals surface area contributed by atoms with Gasteiger partial charge in [0.15, 0.2) is 0 Å². The molecule has 1 aromatic carbocycles. The average Bonchev–Trinajstić information content (AvgIpc) is 2.41.